The zero-order valence-electron chi connectivity index (χ0n) is 12.4. The highest BCUT2D eigenvalue weighted by Gasteiger charge is 2.18. The Kier molecular flexibility index (Phi) is 8.00. The van der Waals surface area contributed by atoms with E-state index < -0.39 is 24.0 Å². The van der Waals surface area contributed by atoms with Gasteiger partial charge in [0.1, 0.15) is 17.8 Å². The first-order chi connectivity index (χ1) is 10.0. The predicted octanol–water partition coefficient (Wildman–Crippen LogP) is 1.68. The van der Waals surface area contributed by atoms with Crippen LogP contribution >= 0.6 is 0 Å². The molecule has 0 saturated carbocycles. The van der Waals surface area contributed by atoms with Crippen LogP contribution in [0.4, 0.5) is 0 Å². The van der Waals surface area contributed by atoms with E-state index in [4.69, 9.17) is 21.3 Å². The first-order valence-electron chi connectivity index (χ1n) is 7.65. The third-order valence-electron chi connectivity index (χ3n) is 3.63. The molecule has 120 valence electrons. The van der Waals surface area contributed by atoms with Crippen LogP contribution in [0.5, 0.6) is 0 Å². The molecule has 2 atom stereocenters. The third-order valence-corrected chi connectivity index (χ3v) is 3.63. The predicted molar refractivity (Wildman–Crippen MR) is 79.3 cm³/mol. The van der Waals surface area contributed by atoms with E-state index in [0.29, 0.717) is 19.3 Å². The van der Waals surface area contributed by atoms with Crippen LogP contribution in [0.3, 0.4) is 0 Å². The van der Waals surface area contributed by atoms with Crippen molar-refractivity contribution in [2.45, 2.75) is 69.9 Å². The van der Waals surface area contributed by atoms with Crippen LogP contribution in [0.25, 0.3) is 0 Å². The number of carboxylic acids is 1. The van der Waals surface area contributed by atoms with Gasteiger partial charge in [-0.25, -0.2) is 4.79 Å². The van der Waals surface area contributed by atoms with Gasteiger partial charge < -0.3 is 21.3 Å². The lowest BCUT2D eigenvalue weighted by molar-refractivity contribution is -0.141. The van der Waals surface area contributed by atoms with Crippen molar-refractivity contribution in [1.82, 2.24) is 0 Å². The zero-order valence-corrected chi connectivity index (χ0v) is 12.4. The molecule has 1 rings (SSSR count). The number of carbonyl (C=O) groups excluding carboxylic acids is 1. The number of hydrogen-bond donors (Lipinski definition) is 3. The van der Waals surface area contributed by atoms with Crippen molar-refractivity contribution in [2.24, 2.45) is 11.5 Å². The second kappa shape index (κ2) is 9.52. The minimum absolute atomic E-state index is 0.305. The molecule has 0 aliphatic heterocycles. The summed E-state index contributed by atoms with van der Waals surface area (Å²) in [5.74, 6) is -0.756. The van der Waals surface area contributed by atoms with Crippen LogP contribution in [0.2, 0.25) is 0 Å². The van der Waals surface area contributed by atoms with Crippen LogP contribution in [0.15, 0.2) is 11.8 Å². The van der Waals surface area contributed by atoms with Crippen molar-refractivity contribution in [3.05, 3.63) is 11.8 Å². The fourth-order valence-corrected chi connectivity index (χ4v) is 2.26. The highest BCUT2D eigenvalue weighted by molar-refractivity contribution is 5.76. The summed E-state index contributed by atoms with van der Waals surface area (Å²) in [7, 11) is 0. The summed E-state index contributed by atoms with van der Waals surface area (Å²) >= 11 is 0. The first-order valence-corrected chi connectivity index (χ1v) is 7.65. The topological polar surface area (TPSA) is 116 Å². The maximum Gasteiger partial charge on any atom is 0.327 e. The van der Waals surface area contributed by atoms with Gasteiger partial charge in [0.05, 0.1) is 0 Å². The maximum atomic E-state index is 11.9. The molecule has 6 heteroatoms. The Bertz CT molecular complexity index is 382. The van der Waals surface area contributed by atoms with Gasteiger partial charge in [0, 0.05) is 6.42 Å². The largest absolute Gasteiger partial charge is 0.480 e. The molecule has 21 heavy (non-hydrogen) atoms. The number of esters is 1. The number of ether oxygens (including phenoxy) is 1. The van der Waals surface area contributed by atoms with Gasteiger partial charge >= 0.3 is 11.9 Å². The van der Waals surface area contributed by atoms with E-state index >= 15 is 0 Å². The average Bonchev–Trinajstić information content (AvgIpc) is 2.41. The van der Waals surface area contributed by atoms with Gasteiger partial charge in [0.15, 0.2) is 0 Å². The molecule has 0 fully saturated rings. The number of hydrogen-bond acceptors (Lipinski definition) is 5. The first kappa shape index (κ1) is 17.7. The molecule has 5 N–H and O–H groups in total. The molecule has 0 aromatic carbocycles. The van der Waals surface area contributed by atoms with Crippen LogP contribution in [0, 0.1) is 0 Å². The van der Waals surface area contributed by atoms with E-state index in [0.717, 1.165) is 37.9 Å². The van der Waals surface area contributed by atoms with Crippen molar-refractivity contribution in [3.8, 4) is 0 Å². The van der Waals surface area contributed by atoms with Crippen molar-refractivity contribution in [3.63, 3.8) is 0 Å². The fourth-order valence-electron chi connectivity index (χ4n) is 2.26. The lowest BCUT2D eigenvalue weighted by Gasteiger charge is -2.15. The zero-order chi connectivity index (χ0) is 15.7. The monoisotopic (exact) mass is 298 g/mol. The molecular formula is C15H26N2O4. The minimum atomic E-state index is -1.04. The number of carbonyl (C=O) groups is 2. The molecule has 0 amide bonds. The molecule has 0 aromatic rings. The van der Waals surface area contributed by atoms with Crippen LogP contribution in [-0.4, -0.2) is 29.1 Å². The Morgan fingerprint density at radius 3 is 2.52 bits per heavy atom. The molecule has 1 aliphatic rings. The number of nitrogens with two attached hydrogens (primary N) is 2. The number of rotatable bonds is 7. The van der Waals surface area contributed by atoms with Gasteiger partial charge in [-0.2, -0.15) is 0 Å². The summed E-state index contributed by atoms with van der Waals surface area (Å²) in [5.41, 5.74) is 11.2. The van der Waals surface area contributed by atoms with Gasteiger partial charge in [-0.05, 0) is 44.6 Å². The number of carboxylic acid groups (broad SMARTS) is 1. The molecule has 2 unspecified atom stereocenters. The van der Waals surface area contributed by atoms with Crippen LogP contribution < -0.4 is 11.5 Å². The summed E-state index contributed by atoms with van der Waals surface area (Å²) < 4.78 is 5.34. The number of aliphatic carboxylic acids is 1. The molecule has 0 bridgehead atoms. The van der Waals surface area contributed by atoms with Crippen LogP contribution in [-0.2, 0) is 14.3 Å². The van der Waals surface area contributed by atoms with E-state index in [-0.39, 0.29) is 0 Å². The minimum Gasteiger partial charge on any atom is -0.480 e. The summed E-state index contributed by atoms with van der Waals surface area (Å²) in [6.45, 7) is 0. The van der Waals surface area contributed by atoms with E-state index in [1.165, 1.54) is 6.42 Å². The Hall–Kier alpha value is -1.40. The Morgan fingerprint density at radius 1 is 1.14 bits per heavy atom. The van der Waals surface area contributed by atoms with Gasteiger partial charge in [0.25, 0.3) is 0 Å². The fraction of sp³-hybridized carbons (Fsp3) is 0.733. The standard InChI is InChI=1S/C15H26N2O4/c16-12(14(18)19)9-6-10-13(17)15(20)21-11-7-4-2-1-3-5-8-11/h7,12-13H,1-6,8-10,16-17H2,(H,18,19)/b11-7+. The molecule has 0 spiro atoms. The third kappa shape index (κ3) is 7.24. The summed E-state index contributed by atoms with van der Waals surface area (Å²) in [6.07, 6.45) is 9.41. The van der Waals surface area contributed by atoms with Crippen LogP contribution in [0.1, 0.15) is 57.8 Å². The van der Waals surface area contributed by atoms with Gasteiger partial charge in [-0.3, -0.25) is 4.79 Å². The smallest absolute Gasteiger partial charge is 0.327 e. The van der Waals surface area contributed by atoms with Gasteiger partial charge in [-0.15, -0.1) is 0 Å². The second-order valence-electron chi connectivity index (χ2n) is 5.53. The normalized spacial score (nSPS) is 21.3. The quantitative estimate of drug-likeness (QED) is 0.616. The molecule has 0 aromatic heterocycles. The van der Waals surface area contributed by atoms with Crippen molar-refractivity contribution in [1.29, 1.82) is 0 Å². The highest BCUT2D eigenvalue weighted by atomic mass is 16.5. The molecule has 1 aliphatic carbocycles. The Balaban J connectivity index is 2.31. The lowest BCUT2D eigenvalue weighted by Crippen LogP contribution is -2.34. The average molecular weight is 298 g/mol. The van der Waals surface area contributed by atoms with Gasteiger partial charge in [-0.1, -0.05) is 12.8 Å². The summed E-state index contributed by atoms with van der Waals surface area (Å²) in [4.78, 5) is 22.5. The summed E-state index contributed by atoms with van der Waals surface area (Å²) in [5, 5.41) is 8.67. The maximum absolute atomic E-state index is 11.9. The molecule has 0 heterocycles. The highest BCUT2D eigenvalue weighted by Crippen LogP contribution is 2.18. The lowest BCUT2D eigenvalue weighted by atomic mass is 10.0. The number of allylic oxidation sites excluding steroid dienone is 2. The van der Waals surface area contributed by atoms with E-state index in [2.05, 4.69) is 0 Å². The molecule has 0 radical (unpaired) electrons. The second-order valence-corrected chi connectivity index (χ2v) is 5.53. The SMILES string of the molecule is NC(CCCC(N)C(=O)O/C1=C/CCCCCC1)C(=O)O. The van der Waals surface area contributed by atoms with Crippen molar-refractivity contribution >= 4 is 11.9 Å². The van der Waals surface area contributed by atoms with Crippen molar-refractivity contribution < 1.29 is 19.4 Å². The van der Waals surface area contributed by atoms with E-state index in [1.54, 1.807) is 0 Å². The summed E-state index contributed by atoms with van der Waals surface area (Å²) in [6, 6.07) is -1.63. The Labute approximate surface area is 125 Å². The van der Waals surface area contributed by atoms with Crippen molar-refractivity contribution in [2.75, 3.05) is 0 Å². The molecule has 0 saturated heterocycles. The molecule has 6 nitrogen and oxygen atoms in total. The Morgan fingerprint density at radius 2 is 1.81 bits per heavy atom. The van der Waals surface area contributed by atoms with E-state index in [9.17, 15) is 9.59 Å². The molecular weight excluding hydrogens is 272 g/mol. The van der Waals surface area contributed by atoms with E-state index in [1.807, 2.05) is 6.08 Å². The van der Waals surface area contributed by atoms with Gasteiger partial charge in [0.2, 0.25) is 0 Å².